The number of piperidine rings is 1. The van der Waals surface area contributed by atoms with Gasteiger partial charge >= 0.3 is 5.97 Å². The van der Waals surface area contributed by atoms with Crippen LogP contribution in [-0.2, 0) is 11.3 Å². The van der Waals surface area contributed by atoms with E-state index >= 15 is 0 Å². The summed E-state index contributed by atoms with van der Waals surface area (Å²) in [5, 5.41) is 9.33. The Morgan fingerprint density at radius 3 is 3.05 bits per heavy atom. The molecule has 5 nitrogen and oxygen atoms in total. The average molecular weight is 274 g/mol. The van der Waals surface area contributed by atoms with Crippen molar-refractivity contribution in [2.75, 3.05) is 13.1 Å². The number of aromatic nitrogens is 1. The molecule has 0 saturated carbocycles. The number of carboxylic acid groups (broad SMARTS) is 1. The van der Waals surface area contributed by atoms with Crippen LogP contribution >= 0.6 is 0 Å². The van der Waals surface area contributed by atoms with Crippen LogP contribution in [0.4, 0.5) is 0 Å². The molecule has 3 rings (SSSR count). The van der Waals surface area contributed by atoms with E-state index in [0.717, 1.165) is 30.5 Å². The molecule has 0 spiro atoms. The van der Waals surface area contributed by atoms with E-state index in [1.165, 1.54) is 0 Å². The maximum absolute atomic E-state index is 11.3. The minimum absolute atomic E-state index is 0.543. The summed E-state index contributed by atoms with van der Waals surface area (Å²) in [6.45, 7) is 3.81. The van der Waals surface area contributed by atoms with Gasteiger partial charge in [0.25, 0.3) is 0 Å². The fraction of sp³-hybridized carbons (Fsp3) is 0.467. The van der Waals surface area contributed by atoms with Crippen LogP contribution in [-0.4, -0.2) is 34.0 Å². The standard InChI is InChI=1S/C15H18N2O3/c1-15(14(18)19)7-4-8-17(10-15)9-13-16-11-5-2-3-6-12(11)20-13/h2-3,5-6H,4,7-10H2,1H3,(H,18,19). The number of nitrogens with zero attached hydrogens (tertiary/aromatic N) is 2. The van der Waals surface area contributed by atoms with E-state index in [2.05, 4.69) is 9.88 Å². The molecular weight excluding hydrogens is 256 g/mol. The van der Waals surface area contributed by atoms with Crippen molar-refractivity contribution in [1.82, 2.24) is 9.88 Å². The van der Waals surface area contributed by atoms with Gasteiger partial charge in [-0.15, -0.1) is 0 Å². The number of oxazole rings is 1. The zero-order chi connectivity index (χ0) is 14.2. The number of rotatable bonds is 3. The third-order valence-corrected chi connectivity index (χ3v) is 3.99. The highest BCUT2D eigenvalue weighted by Gasteiger charge is 2.38. The van der Waals surface area contributed by atoms with Gasteiger partial charge < -0.3 is 9.52 Å². The van der Waals surface area contributed by atoms with Crippen molar-refractivity contribution in [3.63, 3.8) is 0 Å². The van der Waals surface area contributed by atoms with Crippen LogP contribution in [0.3, 0.4) is 0 Å². The molecule has 1 aliphatic rings. The maximum atomic E-state index is 11.3. The lowest BCUT2D eigenvalue weighted by Crippen LogP contribution is -2.45. The van der Waals surface area contributed by atoms with Crippen LogP contribution in [0.5, 0.6) is 0 Å². The molecule has 1 aromatic heterocycles. The number of benzene rings is 1. The predicted molar refractivity (Wildman–Crippen MR) is 74.3 cm³/mol. The van der Waals surface area contributed by atoms with Gasteiger partial charge in [0.15, 0.2) is 5.58 Å². The van der Waals surface area contributed by atoms with Crippen LogP contribution in [0, 0.1) is 5.41 Å². The van der Waals surface area contributed by atoms with Crippen LogP contribution in [0.1, 0.15) is 25.7 Å². The van der Waals surface area contributed by atoms with E-state index in [1.54, 1.807) is 0 Å². The zero-order valence-corrected chi connectivity index (χ0v) is 11.5. The largest absolute Gasteiger partial charge is 0.481 e. The quantitative estimate of drug-likeness (QED) is 0.931. The molecule has 1 unspecified atom stereocenters. The minimum atomic E-state index is -0.722. The number of carboxylic acids is 1. The summed E-state index contributed by atoms with van der Waals surface area (Å²) in [5.74, 6) is -0.0689. The van der Waals surface area contributed by atoms with Crippen molar-refractivity contribution in [1.29, 1.82) is 0 Å². The molecule has 1 saturated heterocycles. The van der Waals surface area contributed by atoms with Gasteiger partial charge in [-0.05, 0) is 38.4 Å². The van der Waals surface area contributed by atoms with Crippen LogP contribution in [0.15, 0.2) is 28.7 Å². The van der Waals surface area contributed by atoms with E-state index in [-0.39, 0.29) is 0 Å². The molecule has 1 N–H and O–H groups in total. The lowest BCUT2D eigenvalue weighted by molar-refractivity contribution is -0.151. The van der Waals surface area contributed by atoms with E-state index in [4.69, 9.17) is 4.42 Å². The molecule has 0 bridgehead atoms. The van der Waals surface area contributed by atoms with Gasteiger partial charge in [-0.2, -0.15) is 0 Å². The molecule has 5 heteroatoms. The lowest BCUT2D eigenvalue weighted by Gasteiger charge is -2.36. The van der Waals surface area contributed by atoms with Gasteiger partial charge in [-0.25, -0.2) is 4.98 Å². The van der Waals surface area contributed by atoms with Gasteiger partial charge in [-0.1, -0.05) is 12.1 Å². The molecule has 1 aromatic carbocycles. The number of hydrogen-bond acceptors (Lipinski definition) is 4. The van der Waals surface area contributed by atoms with Gasteiger partial charge in [0.05, 0.1) is 12.0 Å². The average Bonchev–Trinajstić information content (AvgIpc) is 2.80. The summed E-state index contributed by atoms with van der Waals surface area (Å²) in [6.07, 6.45) is 1.62. The van der Waals surface area contributed by atoms with Gasteiger partial charge in [0.2, 0.25) is 5.89 Å². The summed E-state index contributed by atoms with van der Waals surface area (Å²) in [7, 11) is 0. The highest BCUT2D eigenvalue weighted by Crippen LogP contribution is 2.30. The van der Waals surface area contributed by atoms with E-state index < -0.39 is 11.4 Å². The molecule has 2 aromatic rings. The van der Waals surface area contributed by atoms with Gasteiger partial charge in [0, 0.05) is 6.54 Å². The third kappa shape index (κ3) is 2.41. The van der Waals surface area contributed by atoms with Crippen LogP contribution < -0.4 is 0 Å². The fourth-order valence-corrected chi connectivity index (χ4v) is 2.83. The molecular formula is C15H18N2O3. The fourth-order valence-electron chi connectivity index (χ4n) is 2.83. The molecule has 1 atom stereocenters. The van der Waals surface area contributed by atoms with Crippen molar-refractivity contribution >= 4 is 17.1 Å². The summed E-state index contributed by atoms with van der Waals surface area (Å²) in [5.41, 5.74) is 0.964. The maximum Gasteiger partial charge on any atom is 0.310 e. The second kappa shape index (κ2) is 4.90. The Balaban J connectivity index is 1.75. The zero-order valence-electron chi connectivity index (χ0n) is 11.5. The third-order valence-electron chi connectivity index (χ3n) is 3.99. The van der Waals surface area contributed by atoms with Gasteiger partial charge in [-0.3, -0.25) is 9.69 Å². The number of aliphatic carboxylic acids is 1. The van der Waals surface area contributed by atoms with Crippen LogP contribution in [0.2, 0.25) is 0 Å². The molecule has 0 radical (unpaired) electrons. The number of fused-ring (bicyclic) bond motifs is 1. The highest BCUT2D eigenvalue weighted by atomic mass is 16.4. The van der Waals surface area contributed by atoms with Crippen molar-refractivity contribution < 1.29 is 14.3 Å². The normalized spacial score (nSPS) is 24.1. The molecule has 0 aliphatic carbocycles. The first-order chi connectivity index (χ1) is 9.57. The van der Waals surface area contributed by atoms with E-state index in [1.807, 2.05) is 31.2 Å². The van der Waals surface area contributed by atoms with Crippen LogP contribution in [0.25, 0.3) is 11.1 Å². The Morgan fingerprint density at radius 1 is 1.50 bits per heavy atom. The second-order valence-electron chi connectivity index (χ2n) is 5.76. The van der Waals surface area contributed by atoms with Crippen molar-refractivity contribution in [2.24, 2.45) is 5.41 Å². The number of likely N-dealkylation sites (tertiary alicyclic amines) is 1. The van der Waals surface area contributed by atoms with E-state index in [0.29, 0.717) is 19.0 Å². The van der Waals surface area contributed by atoms with Crippen molar-refractivity contribution in [3.05, 3.63) is 30.2 Å². The first kappa shape index (κ1) is 13.1. The molecule has 1 aliphatic heterocycles. The van der Waals surface area contributed by atoms with E-state index in [9.17, 15) is 9.90 Å². The Labute approximate surface area is 117 Å². The molecule has 0 amide bonds. The molecule has 106 valence electrons. The smallest absolute Gasteiger partial charge is 0.310 e. The topological polar surface area (TPSA) is 66.6 Å². The Bertz CT molecular complexity index is 604. The summed E-state index contributed by atoms with van der Waals surface area (Å²) >= 11 is 0. The summed E-state index contributed by atoms with van der Waals surface area (Å²) in [4.78, 5) is 17.9. The minimum Gasteiger partial charge on any atom is -0.481 e. The lowest BCUT2D eigenvalue weighted by atomic mass is 9.82. The first-order valence-corrected chi connectivity index (χ1v) is 6.87. The Kier molecular flexibility index (Phi) is 3.22. The predicted octanol–water partition coefficient (Wildman–Crippen LogP) is 2.51. The SMILES string of the molecule is CC1(C(=O)O)CCCN(Cc2nc3ccccc3o2)C1. The Hall–Kier alpha value is -1.88. The van der Waals surface area contributed by atoms with Crippen molar-refractivity contribution in [2.45, 2.75) is 26.3 Å². The van der Waals surface area contributed by atoms with Gasteiger partial charge in [0.1, 0.15) is 5.52 Å². The second-order valence-corrected chi connectivity index (χ2v) is 5.76. The Morgan fingerprint density at radius 2 is 2.30 bits per heavy atom. The van der Waals surface area contributed by atoms with Crippen molar-refractivity contribution in [3.8, 4) is 0 Å². The highest BCUT2D eigenvalue weighted by molar-refractivity contribution is 5.74. The number of hydrogen-bond donors (Lipinski definition) is 1. The molecule has 20 heavy (non-hydrogen) atoms. The molecule has 1 fully saturated rings. The summed E-state index contributed by atoms with van der Waals surface area (Å²) in [6, 6.07) is 7.65. The summed E-state index contributed by atoms with van der Waals surface area (Å²) < 4.78 is 5.70. The monoisotopic (exact) mass is 274 g/mol. The molecule has 2 heterocycles. The number of para-hydroxylation sites is 2. The number of carbonyl (C=O) groups is 1. The first-order valence-electron chi connectivity index (χ1n) is 6.87.